The number of furan rings is 1. The Kier molecular flexibility index (Phi) is 4.04. The van der Waals surface area contributed by atoms with Crippen molar-refractivity contribution in [1.29, 1.82) is 0 Å². The summed E-state index contributed by atoms with van der Waals surface area (Å²) in [6.07, 6.45) is 0. The molecule has 0 aliphatic carbocycles. The quantitative estimate of drug-likeness (QED) is 0.522. The third kappa shape index (κ3) is 2.99. The monoisotopic (exact) mass is 364 g/mol. The van der Waals surface area contributed by atoms with Crippen LogP contribution in [-0.2, 0) is 0 Å². The van der Waals surface area contributed by atoms with Gasteiger partial charge in [0, 0.05) is 14.9 Å². The maximum Gasteiger partial charge on any atom is 0.134 e. The van der Waals surface area contributed by atoms with Crippen LogP contribution in [0, 0.1) is 6.92 Å². The van der Waals surface area contributed by atoms with Gasteiger partial charge in [-0.05, 0) is 48.9 Å². The number of nitrogens with two attached hydrogens (primary N) is 1. The molecule has 2 aromatic carbocycles. The lowest BCUT2D eigenvalue weighted by atomic mass is 10.0. The third-order valence-electron chi connectivity index (χ3n) is 3.36. The van der Waals surface area contributed by atoms with E-state index in [0.717, 1.165) is 26.8 Å². The molecule has 0 saturated heterocycles. The number of benzene rings is 2. The summed E-state index contributed by atoms with van der Waals surface area (Å²) in [5, 5.41) is 1.71. The van der Waals surface area contributed by atoms with E-state index in [1.807, 2.05) is 36.4 Å². The van der Waals surface area contributed by atoms with Gasteiger partial charge < -0.3 is 4.42 Å². The number of halogens is 2. The second-order valence-corrected chi connectivity index (χ2v) is 6.34. The normalized spacial score (nSPS) is 12.8. The van der Waals surface area contributed by atoms with Gasteiger partial charge in [-0.3, -0.25) is 5.84 Å². The van der Waals surface area contributed by atoms with E-state index in [4.69, 9.17) is 21.9 Å². The molecule has 21 heavy (non-hydrogen) atoms. The van der Waals surface area contributed by atoms with E-state index in [0.29, 0.717) is 5.02 Å². The van der Waals surface area contributed by atoms with Crippen molar-refractivity contribution in [3.05, 3.63) is 68.8 Å². The maximum atomic E-state index is 6.11. The van der Waals surface area contributed by atoms with Crippen LogP contribution in [0.25, 0.3) is 11.0 Å². The highest BCUT2D eigenvalue weighted by molar-refractivity contribution is 9.10. The van der Waals surface area contributed by atoms with E-state index >= 15 is 0 Å². The summed E-state index contributed by atoms with van der Waals surface area (Å²) >= 11 is 9.55. The molecule has 0 bridgehead atoms. The predicted molar refractivity (Wildman–Crippen MR) is 89.3 cm³/mol. The van der Waals surface area contributed by atoms with Gasteiger partial charge >= 0.3 is 0 Å². The van der Waals surface area contributed by atoms with Crippen LogP contribution in [-0.4, -0.2) is 0 Å². The molecule has 0 aliphatic rings. The number of hydrazine groups is 1. The summed E-state index contributed by atoms with van der Waals surface area (Å²) in [5.74, 6) is 6.48. The zero-order chi connectivity index (χ0) is 15.0. The summed E-state index contributed by atoms with van der Waals surface area (Å²) < 4.78 is 6.81. The number of hydrogen-bond acceptors (Lipinski definition) is 3. The fraction of sp³-hybridized carbons (Fsp3) is 0.125. The minimum Gasteiger partial charge on any atom is -0.459 e. The van der Waals surface area contributed by atoms with Crippen LogP contribution < -0.4 is 11.3 Å². The Morgan fingerprint density at radius 2 is 2.00 bits per heavy atom. The Bertz CT molecular complexity index is 780. The van der Waals surface area contributed by atoms with Crippen molar-refractivity contribution < 1.29 is 4.42 Å². The topological polar surface area (TPSA) is 51.2 Å². The first kappa shape index (κ1) is 14.6. The van der Waals surface area contributed by atoms with E-state index < -0.39 is 0 Å². The molecule has 3 aromatic rings. The van der Waals surface area contributed by atoms with Crippen LogP contribution in [0.3, 0.4) is 0 Å². The molecular weight excluding hydrogens is 352 g/mol. The Morgan fingerprint density at radius 1 is 1.19 bits per heavy atom. The molecule has 3 rings (SSSR count). The summed E-state index contributed by atoms with van der Waals surface area (Å²) in [7, 11) is 0. The van der Waals surface area contributed by atoms with E-state index in [-0.39, 0.29) is 6.04 Å². The van der Waals surface area contributed by atoms with E-state index in [9.17, 15) is 0 Å². The molecule has 1 atom stereocenters. The summed E-state index contributed by atoms with van der Waals surface area (Å²) in [4.78, 5) is 0. The Hall–Kier alpha value is -1.33. The zero-order valence-corrected chi connectivity index (χ0v) is 13.7. The van der Waals surface area contributed by atoms with Crippen molar-refractivity contribution >= 4 is 38.5 Å². The van der Waals surface area contributed by atoms with Gasteiger partial charge in [0.25, 0.3) is 0 Å². The summed E-state index contributed by atoms with van der Waals surface area (Å²) in [5.41, 5.74) is 5.77. The number of rotatable bonds is 3. The highest BCUT2D eigenvalue weighted by Gasteiger charge is 2.18. The SMILES string of the molecule is Cc1ccc2oc(C(NN)c3cc(Cl)cc(Br)c3)cc2c1. The lowest BCUT2D eigenvalue weighted by Crippen LogP contribution is -2.28. The second kappa shape index (κ2) is 5.81. The minimum absolute atomic E-state index is 0.257. The molecule has 1 aromatic heterocycles. The molecule has 0 amide bonds. The molecular formula is C16H14BrClN2O. The number of fused-ring (bicyclic) bond motifs is 1. The molecule has 5 heteroatoms. The molecule has 0 saturated carbocycles. The molecule has 0 aliphatic heterocycles. The van der Waals surface area contributed by atoms with Crippen molar-refractivity contribution in [2.24, 2.45) is 5.84 Å². The first-order valence-electron chi connectivity index (χ1n) is 6.49. The molecule has 108 valence electrons. The molecule has 3 nitrogen and oxygen atoms in total. The Morgan fingerprint density at radius 3 is 2.71 bits per heavy atom. The van der Waals surface area contributed by atoms with Crippen molar-refractivity contribution in [3.63, 3.8) is 0 Å². The summed E-state index contributed by atoms with van der Waals surface area (Å²) in [6, 6.07) is 13.5. The number of nitrogens with one attached hydrogen (secondary N) is 1. The van der Waals surface area contributed by atoms with Crippen LogP contribution in [0.15, 0.2) is 51.4 Å². The van der Waals surface area contributed by atoms with Gasteiger partial charge in [0.1, 0.15) is 17.4 Å². The summed E-state index contributed by atoms with van der Waals surface area (Å²) in [6.45, 7) is 2.05. The van der Waals surface area contributed by atoms with Gasteiger partial charge in [-0.2, -0.15) is 0 Å². The first-order chi connectivity index (χ1) is 10.1. The lowest BCUT2D eigenvalue weighted by Gasteiger charge is -2.14. The van der Waals surface area contributed by atoms with Crippen LogP contribution in [0.1, 0.15) is 22.9 Å². The van der Waals surface area contributed by atoms with E-state index in [1.165, 1.54) is 5.56 Å². The lowest BCUT2D eigenvalue weighted by molar-refractivity contribution is 0.477. The molecule has 3 N–H and O–H groups in total. The average molecular weight is 366 g/mol. The van der Waals surface area contributed by atoms with Crippen molar-refractivity contribution in [1.82, 2.24) is 5.43 Å². The van der Waals surface area contributed by atoms with Crippen LogP contribution >= 0.6 is 27.5 Å². The number of aryl methyl sites for hydroxylation is 1. The second-order valence-electron chi connectivity index (χ2n) is 4.99. The average Bonchev–Trinajstić information content (AvgIpc) is 2.81. The van der Waals surface area contributed by atoms with Gasteiger partial charge in [0.05, 0.1) is 0 Å². The molecule has 0 spiro atoms. The molecule has 0 radical (unpaired) electrons. The Balaban J connectivity index is 2.08. The highest BCUT2D eigenvalue weighted by atomic mass is 79.9. The van der Waals surface area contributed by atoms with E-state index in [2.05, 4.69) is 34.3 Å². The first-order valence-corrected chi connectivity index (χ1v) is 7.66. The van der Waals surface area contributed by atoms with Crippen molar-refractivity contribution in [2.75, 3.05) is 0 Å². The van der Waals surface area contributed by atoms with Gasteiger partial charge in [-0.25, -0.2) is 5.43 Å². The van der Waals surface area contributed by atoms with Crippen LogP contribution in [0.4, 0.5) is 0 Å². The van der Waals surface area contributed by atoms with Crippen LogP contribution in [0.2, 0.25) is 5.02 Å². The highest BCUT2D eigenvalue weighted by Crippen LogP contribution is 2.31. The fourth-order valence-corrected chi connectivity index (χ4v) is 3.30. The van der Waals surface area contributed by atoms with Crippen LogP contribution in [0.5, 0.6) is 0 Å². The smallest absolute Gasteiger partial charge is 0.134 e. The van der Waals surface area contributed by atoms with Crippen molar-refractivity contribution in [2.45, 2.75) is 13.0 Å². The predicted octanol–water partition coefficient (Wildman–Crippen LogP) is 4.71. The molecule has 1 unspecified atom stereocenters. The maximum absolute atomic E-state index is 6.11. The molecule has 1 heterocycles. The third-order valence-corrected chi connectivity index (χ3v) is 4.04. The minimum atomic E-state index is -0.257. The van der Waals surface area contributed by atoms with E-state index in [1.54, 1.807) is 0 Å². The largest absolute Gasteiger partial charge is 0.459 e. The van der Waals surface area contributed by atoms with Gasteiger partial charge in [-0.15, -0.1) is 0 Å². The van der Waals surface area contributed by atoms with Gasteiger partial charge in [0.15, 0.2) is 0 Å². The fourth-order valence-electron chi connectivity index (χ4n) is 2.41. The van der Waals surface area contributed by atoms with Crippen molar-refractivity contribution in [3.8, 4) is 0 Å². The Labute approximate surface area is 136 Å². The molecule has 0 fully saturated rings. The number of hydrogen-bond donors (Lipinski definition) is 2. The van der Waals surface area contributed by atoms with Gasteiger partial charge in [0.2, 0.25) is 0 Å². The zero-order valence-electron chi connectivity index (χ0n) is 11.4. The standard InChI is InChI=1S/C16H14BrClN2O/c1-9-2-3-14-10(4-9)7-15(21-14)16(20-19)11-5-12(17)8-13(18)6-11/h2-8,16,20H,19H2,1H3. The van der Waals surface area contributed by atoms with Gasteiger partial charge in [-0.1, -0.05) is 39.2 Å².